The van der Waals surface area contributed by atoms with Gasteiger partial charge in [-0.3, -0.25) is 19.5 Å². The van der Waals surface area contributed by atoms with Crippen LogP contribution in [0.2, 0.25) is 0 Å². The summed E-state index contributed by atoms with van der Waals surface area (Å²) in [5.74, 6) is 0. The van der Waals surface area contributed by atoms with Crippen molar-refractivity contribution in [1.29, 1.82) is 0 Å². The van der Waals surface area contributed by atoms with Crippen LogP contribution in [0.3, 0.4) is 0 Å². The minimum atomic E-state index is -0.408. The maximum absolute atomic E-state index is 13.2. The first kappa shape index (κ1) is 18.9. The Morgan fingerprint density at radius 2 is 1.72 bits per heavy atom. The summed E-state index contributed by atoms with van der Waals surface area (Å²) in [5, 5.41) is 12.1. The van der Waals surface area contributed by atoms with E-state index in [1.807, 2.05) is 61.5 Å². The third-order valence-electron chi connectivity index (χ3n) is 4.59. The van der Waals surface area contributed by atoms with Gasteiger partial charge in [-0.2, -0.15) is 0 Å². The topological polar surface area (TPSA) is 78.0 Å². The summed E-state index contributed by atoms with van der Waals surface area (Å²) in [6, 6.07) is 23.1. The quantitative estimate of drug-likeness (QED) is 0.199. The van der Waals surface area contributed by atoms with E-state index in [1.165, 1.54) is 17.8 Å². The van der Waals surface area contributed by atoms with E-state index in [4.69, 9.17) is 4.98 Å². The molecule has 1 atom stereocenters. The summed E-state index contributed by atoms with van der Waals surface area (Å²) in [4.78, 5) is 28.7. The van der Waals surface area contributed by atoms with Crippen molar-refractivity contribution in [1.82, 2.24) is 9.55 Å². The van der Waals surface area contributed by atoms with E-state index in [2.05, 4.69) is 0 Å². The Morgan fingerprint density at radius 1 is 1.00 bits per heavy atom. The van der Waals surface area contributed by atoms with Gasteiger partial charge in [-0.25, -0.2) is 4.98 Å². The summed E-state index contributed by atoms with van der Waals surface area (Å²) in [6.07, 6.45) is 0. The SMILES string of the molecule is CC(Sc1nc2ccccc2c(=O)n1-c1ccccc1)c1cccc([N+](=O)[O-])c1. The van der Waals surface area contributed by atoms with Crippen LogP contribution in [0.25, 0.3) is 16.6 Å². The number of hydrogen-bond donors (Lipinski definition) is 0. The molecule has 0 fully saturated rings. The van der Waals surface area contributed by atoms with Gasteiger partial charge in [0.25, 0.3) is 11.2 Å². The van der Waals surface area contributed by atoms with Crippen molar-refractivity contribution in [2.45, 2.75) is 17.3 Å². The average molecular weight is 403 g/mol. The first-order chi connectivity index (χ1) is 14.0. The summed E-state index contributed by atoms with van der Waals surface area (Å²) in [7, 11) is 0. The van der Waals surface area contributed by atoms with E-state index < -0.39 is 4.92 Å². The third kappa shape index (κ3) is 3.77. The number of aromatic nitrogens is 2. The lowest BCUT2D eigenvalue weighted by Crippen LogP contribution is -2.21. The molecule has 0 bridgehead atoms. The molecule has 0 N–H and O–H groups in total. The number of nitro groups is 1. The average Bonchev–Trinajstić information content (AvgIpc) is 2.74. The lowest BCUT2D eigenvalue weighted by Gasteiger charge is -2.16. The van der Waals surface area contributed by atoms with E-state index in [-0.39, 0.29) is 16.5 Å². The fraction of sp³-hybridized carbons (Fsp3) is 0.0909. The number of para-hydroxylation sites is 2. The van der Waals surface area contributed by atoms with Gasteiger partial charge in [0.1, 0.15) is 0 Å². The molecule has 3 aromatic carbocycles. The van der Waals surface area contributed by atoms with Gasteiger partial charge in [0.05, 0.1) is 21.5 Å². The number of thioether (sulfide) groups is 1. The van der Waals surface area contributed by atoms with Crippen molar-refractivity contribution in [3.63, 3.8) is 0 Å². The van der Waals surface area contributed by atoms with Crippen molar-refractivity contribution in [2.75, 3.05) is 0 Å². The highest BCUT2D eigenvalue weighted by Gasteiger charge is 2.18. The largest absolute Gasteiger partial charge is 0.269 e. The van der Waals surface area contributed by atoms with E-state index in [1.54, 1.807) is 22.8 Å². The van der Waals surface area contributed by atoms with Crippen LogP contribution in [0.5, 0.6) is 0 Å². The maximum atomic E-state index is 13.2. The van der Waals surface area contributed by atoms with Crippen LogP contribution in [0, 0.1) is 10.1 Å². The molecule has 0 radical (unpaired) electrons. The molecule has 0 aliphatic carbocycles. The number of rotatable bonds is 5. The monoisotopic (exact) mass is 403 g/mol. The van der Waals surface area contributed by atoms with Crippen LogP contribution < -0.4 is 5.56 Å². The molecule has 0 aliphatic rings. The van der Waals surface area contributed by atoms with Crippen LogP contribution >= 0.6 is 11.8 Å². The Bertz CT molecular complexity index is 1260. The van der Waals surface area contributed by atoms with Crippen LogP contribution in [0.4, 0.5) is 5.69 Å². The minimum Gasteiger partial charge on any atom is -0.268 e. The van der Waals surface area contributed by atoms with Crippen LogP contribution in [-0.2, 0) is 0 Å². The van der Waals surface area contributed by atoms with Crippen LogP contribution in [0.15, 0.2) is 88.8 Å². The number of hydrogen-bond acceptors (Lipinski definition) is 5. The molecule has 1 aromatic heterocycles. The number of nitro benzene ring substituents is 1. The van der Waals surface area contributed by atoms with Crippen molar-refractivity contribution in [3.8, 4) is 5.69 Å². The maximum Gasteiger partial charge on any atom is 0.269 e. The lowest BCUT2D eigenvalue weighted by molar-refractivity contribution is -0.384. The number of non-ortho nitro benzene ring substituents is 1. The molecule has 7 heteroatoms. The fourth-order valence-electron chi connectivity index (χ4n) is 3.11. The van der Waals surface area contributed by atoms with E-state index in [0.717, 1.165) is 11.3 Å². The molecule has 29 heavy (non-hydrogen) atoms. The predicted molar refractivity (Wildman–Crippen MR) is 115 cm³/mol. The van der Waals surface area contributed by atoms with Gasteiger partial charge in [0, 0.05) is 17.4 Å². The smallest absolute Gasteiger partial charge is 0.268 e. The van der Waals surface area contributed by atoms with Crippen molar-refractivity contribution >= 4 is 28.4 Å². The first-order valence-electron chi connectivity index (χ1n) is 9.03. The summed E-state index contributed by atoms with van der Waals surface area (Å²) in [6.45, 7) is 1.94. The minimum absolute atomic E-state index is 0.0434. The number of benzene rings is 3. The van der Waals surface area contributed by atoms with E-state index >= 15 is 0 Å². The van der Waals surface area contributed by atoms with Gasteiger partial charge < -0.3 is 0 Å². The molecule has 0 spiro atoms. The second-order valence-corrected chi connectivity index (χ2v) is 7.81. The molecule has 4 rings (SSSR count). The van der Waals surface area contributed by atoms with Gasteiger partial charge in [0.2, 0.25) is 0 Å². The Balaban J connectivity index is 1.83. The zero-order chi connectivity index (χ0) is 20.4. The Hall–Kier alpha value is -3.45. The molecule has 6 nitrogen and oxygen atoms in total. The first-order valence-corrected chi connectivity index (χ1v) is 9.91. The standard InChI is InChI=1S/C22H17N3O3S/c1-15(16-8-7-11-18(14-16)25(27)28)29-22-23-20-13-6-5-12-19(20)21(26)24(22)17-9-3-2-4-10-17/h2-15H,1H3. The molecule has 0 amide bonds. The van der Waals surface area contributed by atoms with Crippen molar-refractivity contribution < 1.29 is 4.92 Å². The highest BCUT2D eigenvalue weighted by molar-refractivity contribution is 7.99. The molecule has 0 aliphatic heterocycles. The van der Waals surface area contributed by atoms with Gasteiger partial charge in [-0.15, -0.1) is 0 Å². The number of nitrogens with zero attached hydrogens (tertiary/aromatic N) is 3. The predicted octanol–water partition coefficient (Wildman–Crippen LogP) is 5.15. The van der Waals surface area contributed by atoms with Gasteiger partial charge in [-0.1, -0.05) is 54.2 Å². The molecule has 144 valence electrons. The Morgan fingerprint density at radius 3 is 2.48 bits per heavy atom. The molecule has 4 aromatic rings. The Kier molecular flexibility index (Phi) is 5.14. The van der Waals surface area contributed by atoms with Crippen LogP contribution in [0.1, 0.15) is 17.7 Å². The zero-order valence-electron chi connectivity index (χ0n) is 15.6. The van der Waals surface area contributed by atoms with Crippen LogP contribution in [-0.4, -0.2) is 14.5 Å². The van der Waals surface area contributed by atoms with Crippen molar-refractivity contribution in [2.24, 2.45) is 0 Å². The summed E-state index contributed by atoms with van der Waals surface area (Å²) < 4.78 is 1.60. The van der Waals surface area contributed by atoms with Gasteiger partial charge >= 0.3 is 0 Å². The van der Waals surface area contributed by atoms with Gasteiger partial charge in [0.15, 0.2) is 5.16 Å². The molecule has 1 unspecified atom stereocenters. The summed E-state index contributed by atoms with van der Waals surface area (Å²) in [5.41, 5.74) is 2.05. The lowest BCUT2D eigenvalue weighted by atomic mass is 10.1. The molecular formula is C22H17N3O3S. The number of fused-ring (bicyclic) bond motifs is 1. The summed E-state index contributed by atoms with van der Waals surface area (Å²) >= 11 is 1.40. The highest BCUT2D eigenvalue weighted by atomic mass is 32.2. The highest BCUT2D eigenvalue weighted by Crippen LogP contribution is 2.35. The van der Waals surface area contributed by atoms with Gasteiger partial charge in [-0.05, 0) is 36.8 Å². The van der Waals surface area contributed by atoms with Crippen molar-refractivity contribution in [3.05, 3.63) is 105 Å². The fourth-order valence-corrected chi connectivity index (χ4v) is 4.16. The second kappa shape index (κ2) is 7.89. The molecule has 1 heterocycles. The van der Waals surface area contributed by atoms with E-state index in [9.17, 15) is 14.9 Å². The molecular weight excluding hydrogens is 386 g/mol. The molecule has 0 saturated carbocycles. The zero-order valence-corrected chi connectivity index (χ0v) is 16.4. The normalized spacial score (nSPS) is 12.0. The Labute approximate surface area is 171 Å². The molecule has 0 saturated heterocycles. The van der Waals surface area contributed by atoms with E-state index in [0.29, 0.717) is 16.1 Å². The second-order valence-electron chi connectivity index (χ2n) is 6.50. The third-order valence-corrected chi connectivity index (χ3v) is 5.70.